The van der Waals surface area contributed by atoms with Crippen molar-refractivity contribution in [1.29, 1.82) is 0 Å². The normalized spacial score (nSPS) is 15.8. The second-order valence-electron chi connectivity index (χ2n) is 6.09. The molecule has 1 aliphatic rings. The minimum atomic E-state index is -0.139. The van der Waals surface area contributed by atoms with Gasteiger partial charge in [-0.05, 0) is 24.3 Å². The topological polar surface area (TPSA) is 54.0 Å². The zero-order valence-corrected chi connectivity index (χ0v) is 13.7. The van der Waals surface area contributed by atoms with Crippen LogP contribution in [0.2, 0.25) is 0 Å². The maximum atomic E-state index is 12.2. The summed E-state index contributed by atoms with van der Waals surface area (Å²) >= 11 is 1.52. The third-order valence-corrected chi connectivity index (χ3v) is 5.38. The molecule has 0 radical (unpaired) electrons. The van der Waals surface area contributed by atoms with E-state index in [1.54, 1.807) is 0 Å². The number of amides is 2. The Kier molecular flexibility index (Phi) is 3.87. The Labute approximate surface area is 138 Å². The number of benzene rings is 2. The van der Waals surface area contributed by atoms with Gasteiger partial charge in [0.05, 0.1) is 10.2 Å². The minimum absolute atomic E-state index is 0.139. The van der Waals surface area contributed by atoms with Crippen LogP contribution in [0.3, 0.4) is 0 Å². The lowest BCUT2D eigenvalue weighted by molar-refractivity contribution is 0.244. The van der Waals surface area contributed by atoms with Crippen LogP contribution in [0, 0.1) is 0 Å². The standard InChI is InChI=1S/C18H19N3OS/c22-17(19-13-7-2-1-3-8-13)21-18-20-16-14-9-5-4-6-12(14)10-11-15(16)23-18/h4-6,9-11,13H,1-3,7-8H2,(H2,19,20,21,22). The van der Waals surface area contributed by atoms with E-state index in [2.05, 4.69) is 39.9 Å². The highest BCUT2D eigenvalue weighted by atomic mass is 32.1. The first-order valence-electron chi connectivity index (χ1n) is 8.15. The predicted octanol–water partition coefficient (Wildman–Crippen LogP) is 4.90. The molecule has 118 valence electrons. The van der Waals surface area contributed by atoms with Gasteiger partial charge in [0, 0.05) is 11.4 Å². The van der Waals surface area contributed by atoms with Gasteiger partial charge in [-0.3, -0.25) is 5.32 Å². The number of nitrogens with zero attached hydrogens (tertiary/aromatic N) is 1. The van der Waals surface area contributed by atoms with Crippen molar-refractivity contribution in [1.82, 2.24) is 10.3 Å². The Morgan fingerprint density at radius 2 is 1.91 bits per heavy atom. The van der Waals surface area contributed by atoms with Crippen LogP contribution in [0.15, 0.2) is 36.4 Å². The van der Waals surface area contributed by atoms with E-state index in [1.807, 2.05) is 12.1 Å². The summed E-state index contributed by atoms with van der Waals surface area (Å²) in [6.07, 6.45) is 5.86. The zero-order chi connectivity index (χ0) is 15.6. The van der Waals surface area contributed by atoms with E-state index in [1.165, 1.54) is 36.0 Å². The van der Waals surface area contributed by atoms with E-state index >= 15 is 0 Å². The monoisotopic (exact) mass is 325 g/mol. The summed E-state index contributed by atoms with van der Waals surface area (Å²) in [5.41, 5.74) is 0.959. The number of aromatic nitrogens is 1. The molecule has 4 nitrogen and oxygen atoms in total. The molecular formula is C18H19N3OS. The fourth-order valence-corrected chi connectivity index (χ4v) is 4.16. The van der Waals surface area contributed by atoms with E-state index in [0.717, 1.165) is 28.4 Å². The smallest absolute Gasteiger partial charge is 0.321 e. The van der Waals surface area contributed by atoms with Gasteiger partial charge in [0.1, 0.15) is 0 Å². The second-order valence-corrected chi connectivity index (χ2v) is 7.12. The summed E-state index contributed by atoms with van der Waals surface area (Å²) in [5, 5.41) is 8.92. The molecule has 1 saturated carbocycles. The van der Waals surface area contributed by atoms with Crippen LogP contribution in [0.1, 0.15) is 32.1 Å². The molecule has 0 atom stereocenters. The molecule has 0 spiro atoms. The van der Waals surface area contributed by atoms with Crippen LogP contribution in [0.4, 0.5) is 9.93 Å². The van der Waals surface area contributed by atoms with Gasteiger partial charge in [-0.2, -0.15) is 0 Å². The molecule has 5 heteroatoms. The molecule has 1 fully saturated rings. The predicted molar refractivity (Wildman–Crippen MR) is 96.2 cm³/mol. The average Bonchev–Trinajstić information content (AvgIpc) is 2.98. The van der Waals surface area contributed by atoms with Crippen molar-refractivity contribution in [3.05, 3.63) is 36.4 Å². The van der Waals surface area contributed by atoms with Crippen LogP contribution in [-0.2, 0) is 0 Å². The third kappa shape index (κ3) is 3.01. The molecule has 0 bridgehead atoms. The summed E-state index contributed by atoms with van der Waals surface area (Å²) in [6.45, 7) is 0. The fraction of sp³-hybridized carbons (Fsp3) is 0.333. The Balaban J connectivity index is 1.54. The fourth-order valence-electron chi connectivity index (χ4n) is 3.28. The van der Waals surface area contributed by atoms with Crippen molar-refractivity contribution in [3.63, 3.8) is 0 Å². The van der Waals surface area contributed by atoms with Crippen molar-refractivity contribution < 1.29 is 4.79 Å². The highest BCUT2D eigenvalue weighted by molar-refractivity contribution is 7.22. The molecular weight excluding hydrogens is 306 g/mol. The first-order chi connectivity index (χ1) is 11.3. The largest absolute Gasteiger partial charge is 0.335 e. The Morgan fingerprint density at radius 1 is 1.09 bits per heavy atom. The Morgan fingerprint density at radius 3 is 2.78 bits per heavy atom. The number of fused-ring (bicyclic) bond motifs is 3. The molecule has 0 unspecified atom stereocenters. The molecule has 2 N–H and O–H groups in total. The van der Waals surface area contributed by atoms with Gasteiger partial charge < -0.3 is 5.32 Å². The number of hydrogen-bond donors (Lipinski definition) is 2. The summed E-state index contributed by atoms with van der Waals surface area (Å²) in [6, 6.07) is 12.5. The number of carbonyl (C=O) groups excluding carboxylic acids is 1. The van der Waals surface area contributed by atoms with E-state index in [0.29, 0.717) is 11.2 Å². The van der Waals surface area contributed by atoms with E-state index in [9.17, 15) is 4.79 Å². The maximum absolute atomic E-state index is 12.2. The lowest BCUT2D eigenvalue weighted by atomic mass is 9.96. The van der Waals surface area contributed by atoms with Gasteiger partial charge >= 0.3 is 6.03 Å². The molecule has 2 amide bonds. The van der Waals surface area contributed by atoms with Gasteiger partial charge in [0.15, 0.2) is 5.13 Å². The Bertz CT molecular complexity index is 852. The summed E-state index contributed by atoms with van der Waals surface area (Å²) < 4.78 is 1.09. The zero-order valence-electron chi connectivity index (χ0n) is 12.8. The van der Waals surface area contributed by atoms with E-state index < -0.39 is 0 Å². The summed E-state index contributed by atoms with van der Waals surface area (Å²) in [7, 11) is 0. The number of thiazole rings is 1. The van der Waals surface area contributed by atoms with Crippen molar-refractivity contribution in [3.8, 4) is 0 Å². The van der Waals surface area contributed by atoms with Crippen molar-refractivity contribution >= 4 is 43.5 Å². The lowest BCUT2D eigenvalue weighted by Gasteiger charge is -2.22. The molecule has 4 rings (SSSR count). The van der Waals surface area contributed by atoms with Gasteiger partial charge in [-0.15, -0.1) is 0 Å². The first kappa shape index (κ1) is 14.5. The molecule has 2 aromatic carbocycles. The molecule has 0 saturated heterocycles. The number of rotatable bonds is 2. The quantitative estimate of drug-likeness (QED) is 0.704. The molecule has 1 heterocycles. The van der Waals surface area contributed by atoms with E-state index in [4.69, 9.17) is 0 Å². The maximum Gasteiger partial charge on any atom is 0.321 e. The number of nitrogens with one attached hydrogen (secondary N) is 2. The van der Waals surface area contributed by atoms with Crippen LogP contribution in [-0.4, -0.2) is 17.1 Å². The van der Waals surface area contributed by atoms with E-state index in [-0.39, 0.29) is 6.03 Å². The first-order valence-corrected chi connectivity index (χ1v) is 8.97. The highest BCUT2D eigenvalue weighted by Gasteiger charge is 2.16. The third-order valence-electron chi connectivity index (χ3n) is 4.44. The van der Waals surface area contributed by atoms with Crippen LogP contribution < -0.4 is 10.6 Å². The molecule has 1 aliphatic carbocycles. The van der Waals surface area contributed by atoms with Crippen molar-refractivity contribution in [2.45, 2.75) is 38.1 Å². The average molecular weight is 325 g/mol. The molecule has 23 heavy (non-hydrogen) atoms. The van der Waals surface area contributed by atoms with Crippen molar-refractivity contribution in [2.24, 2.45) is 0 Å². The van der Waals surface area contributed by atoms with Gasteiger partial charge in [0.25, 0.3) is 0 Å². The van der Waals surface area contributed by atoms with Gasteiger partial charge in [-0.25, -0.2) is 9.78 Å². The van der Waals surface area contributed by atoms with Crippen LogP contribution in [0.5, 0.6) is 0 Å². The number of hydrogen-bond acceptors (Lipinski definition) is 3. The molecule has 1 aromatic heterocycles. The highest BCUT2D eigenvalue weighted by Crippen LogP contribution is 2.31. The second kappa shape index (κ2) is 6.16. The number of urea groups is 1. The number of anilines is 1. The lowest BCUT2D eigenvalue weighted by Crippen LogP contribution is -2.38. The minimum Gasteiger partial charge on any atom is -0.335 e. The summed E-state index contributed by atoms with van der Waals surface area (Å²) in [5.74, 6) is 0. The van der Waals surface area contributed by atoms with Gasteiger partial charge in [0.2, 0.25) is 0 Å². The molecule has 3 aromatic rings. The van der Waals surface area contributed by atoms with Crippen LogP contribution >= 0.6 is 11.3 Å². The Hall–Kier alpha value is -2.14. The number of carbonyl (C=O) groups is 1. The SMILES string of the molecule is O=C(Nc1nc2c(ccc3ccccc32)s1)NC1CCCCC1. The van der Waals surface area contributed by atoms with Crippen molar-refractivity contribution in [2.75, 3.05) is 5.32 Å². The summed E-state index contributed by atoms with van der Waals surface area (Å²) in [4.78, 5) is 16.8. The van der Waals surface area contributed by atoms with Gasteiger partial charge in [-0.1, -0.05) is 60.9 Å². The molecule has 0 aliphatic heterocycles. The van der Waals surface area contributed by atoms with Crippen LogP contribution in [0.25, 0.3) is 21.0 Å².